The van der Waals surface area contributed by atoms with E-state index in [1.165, 1.54) is 0 Å². The predicted octanol–water partition coefficient (Wildman–Crippen LogP) is 1.35. The fourth-order valence-electron chi connectivity index (χ4n) is 0.435. The number of carbonyl (C=O) groups excluding carboxylic acids is 2. The minimum atomic E-state index is -1.37. The predicted molar refractivity (Wildman–Crippen MR) is 47.7 cm³/mol. The molecule has 0 aliphatic carbocycles. The van der Waals surface area contributed by atoms with Gasteiger partial charge in [0.1, 0.15) is 0 Å². The Kier molecular flexibility index (Phi) is 5.53. The van der Waals surface area contributed by atoms with Crippen LogP contribution in [-0.4, -0.2) is 18.2 Å². The second-order valence-electron chi connectivity index (χ2n) is 2.07. The highest BCUT2D eigenvalue weighted by Gasteiger charge is 2.05. The van der Waals surface area contributed by atoms with Crippen LogP contribution in [0, 0.1) is 0 Å². The van der Waals surface area contributed by atoms with E-state index in [9.17, 15) is 9.59 Å². The molecular weight excluding hydrogens is 180 g/mol. The molecule has 0 N–H and O–H groups in total. The Balaban J connectivity index is 3.66. The molecule has 12 heavy (non-hydrogen) atoms. The van der Waals surface area contributed by atoms with Gasteiger partial charge in [-0.05, 0) is 0 Å². The van der Waals surface area contributed by atoms with Crippen LogP contribution in [0.4, 0.5) is 0 Å². The zero-order valence-electron chi connectivity index (χ0n) is 7.49. The SMILES string of the molecule is CCC(=O)O[SH](C)OC(=O)CC. The number of carbonyl (C=O) groups is 2. The molecule has 0 spiro atoms. The fraction of sp³-hybridized carbons (Fsp3) is 0.714. The summed E-state index contributed by atoms with van der Waals surface area (Å²) >= 11 is -1.37. The van der Waals surface area contributed by atoms with Crippen molar-refractivity contribution in [2.75, 3.05) is 6.26 Å². The van der Waals surface area contributed by atoms with Crippen molar-refractivity contribution < 1.29 is 18.0 Å². The van der Waals surface area contributed by atoms with Crippen molar-refractivity contribution >= 4 is 23.4 Å². The van der Waals surface area contributed by atoms with Gasteiger partial charge in [0.25, 0.3) is 0 Å². The van der Waals surface area contributed by atoms with Crippen molar-refractivity contribution in [2.24, 2.45) is 0 Å². The van der Waals surface area contributed by atoms with Gasteiger partial charge in [-0.3, -0.25) is 9.59 Å². The standard InChI is InChI=1S/C7H14O4S/c1-4-6(8)10-12(3)11-7(9)5-2/h12H,4-5H2,1-3H3. The normalized spacial score (nSPS) is 10.4. The highest BCUT2D eigenvalue weighted by atomic mass is 32.2. The summed E-state index contributed by atoms with van der Waals surface area (Å²) in [6.45, 7) is 3.38. The van der Waals surface area contributed by atoms with Crippen LogP contribution in [0.15, 0.2) is 0 Å². The van der Waals surface area contributed by atoms with Gasteiger partial charge in [0, 0.05) is 19.1 Å². The van der Waals surface area contributed by atoms with Crippen LogP contribution in [0.2, 0.25) is 0 Å². The molecule has 0 fully saturated rings. The highest BCUT2D eigenvalue weighted by Crippen LogP contribution is 2.24. The molecule has 0 aromatic rings. The summed E-state index contributed by atoms with van der Waals surface area (Å²) in [5.74, 6) is -0.681. The summed E-state index contributed by atoms with van der Waals surface area (Å²) in [7, 11) is 0. The zero-order chi connectivity index (χ0) is 9.56. The molecule has 0 saturated heterocycles. The fourth-order valence-corrected chi connectivity index (χ4v) is 1.30. The summed E-state index contributed by atoms with van der Waals surface area (Å²) in [5, 5.41) is 0. The van der Waals surface area contributed by atoms with Gasteiger partial charge in [0.2, 0.25) is 0 Å². The van der Waals surface area contributed by atoms with Gasteiger partial charge in [-0.15, -0.1) is 11.5 Å². The van der Waals surface area contributed by atoms with Gasteiger partial charge in [-0.1, -0.05) is 13.8 Å². The van der Waals surface area contributed by atoms with Gasteiger partial charge in [0.05, 0.1) is 0 Å². The van der Waals surface area contributed by atoms with E-state index in [0.717, 1.165) is 0 Å². The molecular formula is C7H14O4S. The first-order valence-corrected chi connectivity index (χ1v) is 5.37. The lowest BCUT2D eigenvalue weighted by Gasteiger charge is -2.18. The van der Waals surface area contributed by atoms with Crippen LogP contribution in [0.25, 0.3) is 0 Å². The molecule has 0 unspecified atom stereocenters. The van der Waals surface area contributed by atoms with E-state index in [0.29, 0.717) is 12.8 Å². The topological polar surface area (TPSA) is 52.6 Å². The van der Waals surface area contributed by atoms with Crippen LogP contribution in [0.3, 0.4) is 0 Å². The Bertz CT molecular complexity index is 151. The number of hydrogen-bond donors (Lipinski definition) is 1. The molecule has 0 aromatic carbocycles. The molecule has 4 nitrogen and oxygen atoms in total. The third-order valence-corrected chi connectivity index (χ3v) is 1.96. The van der Waals surface area contributed by atoms with Gasteiger partial charge in [-0.25, -0.2) is 0 Å². The molecule has 0 rings (SSSR count). The first-order chi connectivity index (χ1) is 5.60. The van der Waals surface area contributed by atoms with Crippen molar-refractivity contribution in [3.8, 4) is 0 Å². The zero-order valence-corrected chi connectivity index (χ0v) is 8.39. The molecule has 0 radical (unpaired) electrons. The molecule has 0 aliphatic heterocycles. The molecule has 0 atom stereocenters. The Morgan fingerprint density at radius 2 is 1.42 bits per heavy atom. The van der Waals surface area contributed by atoms with E-state index < -0.39 is 11.5 Å². The van der Waals surface area contributed by atoms with E-state index in [4.69, 9.17) is 8.37 Å². The Morgan fingerprint density at radius 3 is 1.67 bits per heavy atom. The molecule has 0 bridgehead atoms. The Morgan fingerprint density at radius 1 is 1.08 bits per heavy atom. The smallest absolute Gasteiger partial charge is 0.328 e. The van der Waals surface area contributed by atoms with E-state index in [-0.39, 0.29) is 11.9 Å². The van der Waals surface area contributed by atoms with Crippen LogP contribution < -0.4 is 0 Å². The average Bonchev–Trinajstić information content (AvgIpc) is 2.03. The molecule has 0 amide bonds. The molecule has 72 valence electrons. The number of thiol groups is 1. The minimum absolute atomic E-state index is 0.302. The lowest BCUT2D eigenvalue weighted by Crippen LogP contribution is -2.05. The van der Waals surface area contributed by atoms with Crippen molar-refractivity contribution in [3.05, 3.63) is 0 Å². The molecule has 0 heterocycles. The summed E-state index contributed by atoms with van der Waals surface area (Å²) in [6.07, 6.45) is 2.18. The first-order valence-electron chi connectivity index (χ1n) is 3.75. The monoisotopic (exact) mass is 194 g/mol. The minimum Gasteiger partial charge on any atom is -0.347 e. The van der Waals surface area contributed by atoms with Gasteiger partial charge in [-0.2, -0.15) is 0 Å². The maximum Gasteiger partial charge on any atom is 0.328 e. The van der Waals surface area contributed by atoms with Crippen LogP contribution >= 0.6 is 11.5 Å². The molecule has 5 heteroatoms. The summed E-state index contributed by atoms with van der Waals surface area (Å²) in [4.78, 5) is 21.4. The van der Waals surface area contributed by atoms with E-state index >= 15 is 0 Å². The Hall–Kier alpha value is -0.710. The van der Waals surface area contributed by atoms with Gasteiger partial charge in [0.15, 0.2) is 0 Å². The maximum absolute atomic E-state index is 10.7. The Labute approximate surface area is 75.0 Å². The van der Waals surface area contributed by atoms with Crippen molar-refractivity contribution in [1.82, 2.24) is 0 Å². The third kappa shape index (κ3) is 5.01. The number of rotatable bonds is 4. The van der Waals surface area contributed by atoms with Crippen molar-refractivity contribution in [2.45, 2.75) is 26.7 Å². The van der Waals surface area contributed by atoms with Gasteiger partial charge >= 0.3 is 11.9 Å². The molecule has 0 aliphatic rings. The van der Waals surface area contributed by atoms with E-state index in [2.05, 4.69) is 0 Å². The first kappa shape index (κ1) is 11.3. The van der Waals surface area contributed by atoms with E-state index in [1.54, 1.807) is 20.1 Å². The van der Waals surface area contributed by atoms with Crippen LogP contribution in [0.1, 0.15) is 26.7 Å². The quantitative estimate of drug-likeness (QED) is 0.686. The number of hydrogen-bond acceptors (Lipinski definition) is 4. The van der Waals surface area contributed by atoms with E-state index in [1.807, 2.05) is 0 Å². The van der Waals surface area contributed by atoms with Crippen LogP contribution in [0.5, 0.6) is 0 Å². The van der Waals surface area contributed by atoms with Crippen molar-refractivity contribution in [3.63, 3.8) is 0 Å². The summed E-state index contributed by atoms with van der Waals surface area (Å²) in [6, 6.07) is 0. The summed E-state index contributed by atoms with van der Waals surface area (Å²) < 4.78 is 9.51. The van der Waals surface area contributed by atoms with Gasteiger partial charge < -0.3 is 8.37 Å². The lowest BCUT2D eigenvalue weighted by atomic mass is 10.5. The van der Waals surface area contributed by atoms with Crippen molar-refractivity contribution in [1.29, 1.82) is 0 Å². The summed E-state index contributed by atoms with van der Waals surface area (Å²) in [5.41, 5.74) is 0. The second kappa shape index (κ2) is 5.88. The lowest BCUT2D eigenvalue weighted by molar-refractivity contribution is -0.135. The molecule has 0 saturated carbocycles. The maximum atomic E-state index is 10.7. The second-order valence-corrected chi connectivity index (χ2v) is 3.32. The third-order valence-electron chi connectivity index (χ3n) is 1.04. The average molecular weight is 194 g/mol. The largest absolute Gasteiger partial charge is 0.347 e. The van der Waals surface area contributed by atoms with Crippen LogP contribution in [-0.2, 0) is 18.0 Å². The highest BCUT2D eigenvalue weighted by molar-refractivity contribution is 8.08. The molecule has 0 aromatic heterocycles.